The fraction of sp³-hybridized carbons (Fsp3) is 0.714. The van der Waals surface area contributed by atoms with Gasteiger partial charge in [0, 0.05) is 19.1 Å². The van der Waals surface area contributed by atoms with Crippen LogP contribution in [0.3, 0.4) is 0 Å². The van der Waals surface area contributed by atoms with Gasteiger partial charge in [-0.3, -0.25) is 0 Å². The summed E-state index contributed by atoms with van der Waals surface area (Å²) in [6.45, 7) is 9.84. The molecule has 2 unspecified atom stereocenters. The van der Waals surface area contributed by atoms with Crippen LogP contribution in [0.1, 0.15) is 26.3 Å². The summed E-state index contributed by atoms with van der Waals surface area (Å²) in [5.41, 5.74) is 1.37. The number of hydrogen-bond acceptors (Lipinski definition) is 4. The fourth-order valence-electron chi connectivity index (χ4n) is 2.02. The molecule has 0 radical (unpaired) electrons. The zero-order valence-corrected chi connectivity index (χ0v) is 12.5. The minimum absolute atomic E-state index is 0.283. The second kappa shape index (κ2) is 8.64. The first-order valence-corrected chi connectivity index (χ1v) is 7.74. The standard InChI is InChI=1S/C14H26N2OS/c1-4-16(5-2)10-14(17)9-15-12(3)8-13-6-7-18-11-13/h6-7,11-12,14-15,17H,4-5,8-10H2,1-3H3. The van der Waals surface area contributed by atoms with E-state index in [1.165, 1.54) is 5.56 Å². The number of likely N-dealkylation sites (N-methyl/N-ethyl adjacent to an activating group) is 1. The Balaban J connectivity index is 2.19. The van der Waals surface area contributed by atoms with E-state index in [1.54, 1.807) is 11.3 Å². The molecule has 0 aliphatic carbocycles. The predicted molar refractivity (Wildman–Crippen MR) is 79.3 cm³/mol. The molecule has 3 nitrogen and oxygen atoms in total. The van der Waals surface area contributed by atoms with Gasteiger partial charge in [-0.2, -0.15) is 11.3 Å². The summed E-state index contributed by atoms with van der Waals surface area (Å²) in [6, 6.07) is 2.57. The van der Waals surface area contributed by atoms with Crippen LogP contribution in [0.2, 0.25) is 0 Å². The van der Waals surface area contributed by atoms with Gasteiger partial charge >= 0.3 is 0 Å². The third-order valence-corrected chi connectivity index (χ3v) is 3.92. The SMILES string of the molecule is CCN(CC)CC(O)CNC(C)Cc1ccsc1. The zero-order valence-electron chi connectivity index (χ0n) is 11.7. The van der Waals surface area contributed by atoms with E-state index in [4.69, 9.17) is 0 Å². The first kappa shape index (κ1) is 15.6. The van der Waals surface area contributed by atoms with Gasteiger partial charge < -0.3 is 15.3 Å². The van der Waals surface area contributed by atoms with Gasteiger partial charge in [-0.1, -0.05) is 13.8 Å². The lowest BCUT2D eigenvalue weighted by atomic mass is 10.1. The van der Waals surface area contributed by atoms with E-state index in [9.17, 15) is 5.11 Å². The molecule has 0 spiro atoms. The van der Waals surface area contributed by atoms with E-state index in [0.29, 0.717) is 12.6 Å². The molecule has 0 bridgehead atoms. The van der Waals surface area contributed by atoms with Gasteiger partial charge in [0.25, 0.3) is 0 Å². The van der Waals surface area contributed by atoms with Crippen molar-refractivity contribution in [3.8, 4) is 0 Å². The van der Waals surface area contributed by atoms with Crippen molar-refractivity contribution >= 4 is 11.3 Å². The van der Waals surface area contributed by atoms with Crippen LogP contribution >= 0.6 is 11.3 Å². The monoisotopic (exact) mass is 270 g/mol. The van der Waals surface area contributed by atoms with Crippen LogP contribution in [0.25, 0.3) is 0 Å². The number of aliphatic hydroxyl groups is 1. The molecule has 0 fully saturated rings. The third-order valence-electron chi connectivity index (χ3n) is 3.19. The van der Waals surface area contributed by atoms with Gasteiger partial charge in [0.05, 0.1) is 6.10 Å². The van der Waals surface area contributed by atoms with Gasteiger partial charge in [-0.25, -0.2) is 0 Å². The lowest BCUT2D eigenvalue weighted by Gasteiger charge is -2.23. The van der Waals surface area contributed by atoms with E-state index in [-0.39, 0.29) is 6.10 Å². The molecule has 0 aliphatic rings. The highest BCUT2D eigenvalue weighted by Crippen LogP contribution is 2.08. The molecule has 2 atom stereocenters. The Labute approximate surface area is 115 Å². The summed E-state index contributed by atoms with van der Waals surface area (Å²) in [5, 5.41) is 17.7. The van der Waals surface area contributed by atoms with Crippen LogP contribution in [0.15, 0.2) is 16.8 Å². The molecule has 0 aromatic carbocycles. The average Bonchev–Trinajstić information content (AvgIpc) is 2.86. The van der Waals surface area contributed by atoms with Crippen molar-refractivity contribution in [2.45, 2.75) is 39.3 Å². The van der Waals surface area contributed by atoms with E-state index >= 15 is 0 Å². The Morgan fingerprint density at radius 1 is 1.39 bits per heavy atom. The number of thiophene rings is 1. The van der Waals surface area contributed by atoms with Crippen LogP contribution in [0.5, 0.6) is 0 Å². The summed E-state index contributed by atoms with van der Waals surface area (Å²) >= 11 is 1.74. The molecule has 0 saturated heterocycles. The number of nitrogens with zero attached hydrogens (tertiary/aromatic N) is 1. The Bertz CT molecular complexity index is 299. The molecule has 1 aromatic rings. The molecule has 18 heavy (non-hydrogen) atoms. The summed E-state index contributed by atoms with van der Waals surface area (Å²) in [6.07, 6.45) is 0.747. The van der Waals surface area contributed by atoms with Crippen molar-refractivity contribution in [3.63, 3.8) is 0 Å². The van der Waals surface area contributed by atoms with Gasteiger partial charge in [0.1, 0.15) is 0 Å². The number of rotatable bonds is 9. The van der Waals surface area contributed by atoms with E-state index < -0.39 is 0 Å². The van der Waals surface area contributed by atoms with Crippen molar-refractivity contribution in [1.29, 1.82) is 0 Å². The molecule has 4 heteroatoms. The van der Waals surface area contributed by atoms with E-state index in [1.807, 2.05) is 0 Å². The van der Waals surface area contributed by atoms with Crippen molar-refractivity contribution in [3.05, 3.63) is 22.4 Å². The summed E-state index contributed by atoms with van der Waals surface area (Å²) in [7, 11) is 0. The highest BCUT2D eigenvalue weighted by molar-refractivity contribution is 7.07. The first-order valence-electron chi connectivity index (χ1n) is 6.80. The van der Waals surface area contributed by atoms with Crippen LogP contribution in [0.4, 0.5) is 0 Å². The summed E-state index contributed by atoms with van der Waals surface area (Å²) < 4.78 is 0. The Morgan fingerprint density at radius 2 is 2.11 bits per heavy atom. The van der Waals surface area contributed by atoms with Gasteiger partial charge in [-0.05, 0) is 48.8 Å². The Morgan fingerprint density at radius 3 is 2.67 bits per heavy atom. The molecule has 1 rings (SSSR count). The highest BCUT2D eigenvalue weighted by atomic mass is 32.1. The first-order chi connectivity index (χ1) is 8.65. The molecule has 2 N–H and O–H groups in total. The molecular formula is C14H26N2OS. The zero-order chi connectivity index (χ0) is 13.4. The third kappa shape index (κ3) is 5.96. The largest absolute Gasteiger partial charge is 0.390 e. The highest BCUT2D eigenvalue weighted by Gasteiger charge is 2.10. The number of hydrogen-bond donors (Lipinski definition) is 2. The number of aliphatic hydroxyl groups excluding tert-OH is 1. The second-order valence-electron chi connectivity index (χ2n) is 4.78. The van der Waals surface area contributed by atoms with Crippen LogP contribution in [-0.2, 0) is 6.42 Å². The minimum Gasteiger partial charge on any atom is -0.390 e. The van der Waals surface area contributed by atoms with E-state index in [2.05, 4.69) is 47.8 Å². The topological polar surface area (TPSA) is 35.5 Å². The van der Waals surface area contributed by atoms with Crippen LogP contribution in [-0.4, -0.2) is 48.3 Å². The lowest BCUT2D eigenvalue weighted by molar-refractivity contribution is 0.114. The van der Waals surface area contributed by atoms with Crippen molar-refractivity contribution in [2.75, 3.05) is 26.2 Å². The van der Waals surface area contributed by atoms with Crippen LogP contribution in [0, 0.1) is 0 Å². The lowest BCUT2D eigenvalue weighted by Crippen LogP contribution is -2.41. The van der Waals surface area contributed by atoms with Gasteiger partial charge in [-0.15, -0.1) is 0 Å². The van der Waals surface area contributed by atoms with Gasteiger partial charge in [0.2, 0.25) is 0 Å². The normalized spacial score (nSPS) is 14.9. The Hall–Kier alpha value is -0.420. The maximum Gasteiger partial charge on any atom is 0.0791 e. The minimum atomic E-state index is -0.283. The molecule has 0 aliphatic heterocycles. The molecular weight excluding hydrogens is 244 g/mol. The quantitative estimate of drug-likeness (QED) is 0.720. The molecule has 0 saturated carbocycles. The molecule has 1 heterocycles. The van der Waals surface area contributed by atoms with Crippen LogP contribution < -0.4 is 5.32 Å². The van der Waals surface area contributed by atoms with Crippen molar-refractivity contribution in [2.24, 2.45) is 0 Å². The fourth-order valence-corrected chi connectivity index (χ4v) is 2.70. The smallest absolute Gasteiger partial charge is 0.0791 e. The molecule has 104 valence electrons. The molecule has 0 amide bonds. The maximum atomic E-state index is 9.95. The average molecular weight is 270 g/mol. The number of nitrogens with one attached hydrogen (secondary N) is 1. The van der Waals surface area contributed by atoms with Crippen molar-refractivity contribution in [1.82, 2.24) is 10.2 Å². The Kier molecular flexibility index (Phi) is 7.51. The second-order valence-corrected chi connectivity index (χ2v) is 5.56. The predicted octanol–water partition coefficient (Wildman–Crippen LogP) is 1.97. The van der Waals surface area contributed by atoms with E-state index in [0.717, 1.165) is 26.1 Å². The summed E-state index contributed by atoms with van der Waals surface area (Å²) in [5.74, 6) is 0. The summed E-state index contributed by atoms with van der Waals surface area (Å²) in [4.78, 5) is 2.25. The maximum absolute atomic E-state index is 9.95. The van der Waals surface area contributed by atoms with Crippen molar-refractivity contribution < 1.29 is 5.11 Å². The van der Waals surface area contributed by atoms with Gasteiger partial charge in [0.15, 0.2) is 0 Å². The molecule has 1 aromatic heterocycles.